The van der Waals surface area contributed by atoms with E-state index >= 15 is 0 Å². The molecule has 0 aromatic heterocycles. The first-order valence-corrected chi connectivity index (χ1v) is 9.97. The maximum absolute atomic E-state index is 5.45. The highest BCUT2D eigenvalue weighted by Crippen LogP contribution is 2.44. The second kappa shape index (κ2) is 8.68. The van der Waals surface area contributed by atoms with Crippen molar-refractivity contribution in [2.45, 2.75) is 96.9 Å². The maximum Gasteiger partial charge on any atom is 0.0569 e. The molecule has 130 valence electrons. The number of likely N-dealkylation sites (tertiary alicyclic amines) is 1. The van der Waals surface area contributed by atoms with Gasteiger partial charge in [-0.05, 0) is 19.8 Å². The molecular formula is C20H39NO. The van der Waals surface area contributed by atoms with Crippen molar-refractivity contribution >= 4 is 0 Å². The van der Waals surface area contributed by atoms with E-state index in [4.69, 9.17) is 4.74 Å². The van der Waals surface area contributed by atoms with E-state index in [-0.39, 0.29) is 0 Å². The van der Waals surface area contributed by atoms with Crippen molar-refractivity contribution in [2.75, 3.05) is 26.3 Å². The highest BCUT2D eigenvalue weighted by Gasteiger charge is 2.53. The molecule has 1 spiro atoms. The van der Waals surface area contributed by atoms with Crippen molar-refractivity contribution < 1.29 is 4.74 Å². The molecule has 0 bridgehead atoms. The van der Waals surface area contributed by atoms with E-state index in [0.717, 1.165) is 13.2 Å². The Kier molecular flexibility index (Phi) is 7.21. The molecule has 0 aromatic carbocycles. The standard InChI is InChI=1S/C20H39NO/c1-4-6-8-10-12-14-19(3,13-11-9-7-5-2)21-15-20(16-21)17-22-18-20/h4-18H2,1-3H3. The van der Waals surface area contributed by atoms with E-state index in [1.807, 2.05) is 0 Å². The first-order valence-electron chi connectivity index (χ1n) is 9.97. The topological polar surface area (TPSA) is 12.5 Å². The van der Waals surface area contributed by atoms with Crippen molar-refractivity contribution in [1.29, 1.82) is 0 Å². The molecule has 0 aliphatic carbocycles. The SMILES string of the molecule is CCCCCCCC(C)(CCCCCC)N1CC2(COC2)C1. The molecule has 1 unspecified atom stereocenters. The van der Waals surface area contributed by atoms with Gasteiger partial charge in [0.2, 0.25) is 0 Å². The lowest BCUT2D eigenvalue weighted by Crippen LogP contribution is -2.71. The minimum absolute atomic E-state index is 0.459. The molecule has 2 saturated heterocycles. The molecule has 0 amide bonds. The third-order valence-corrected chi connectivity index (χ3v) is 6.02. The van der Waals surface area contributed by atoms with Gasteiger partial charge in [0.15, 0.2) is 0 Å². The third kappa shape index (κ3) is 4.71. The van der Waals surface area contributed by atoms with Crippen LogP contribution in [0.3, 0.4) is 0 Å². The van der Waals surface area contributed by atoms with Crippen LogP contribution in [0.25, 0.3) is 0 Å². The van der Waals surface area contributed by atoms with Gasteiger partial charge in [0.1, 0.15) is 0 Å². The Morgan fingerprint density at radius 2 is 1.32 bits per heavy atom. The van der Waals surface area contributed by atoms with Crippen molar-refractivity contribution in [3.05, 3.63) is 0 Å². The van der Waals surface area contributed by atoms with Gasteiger partial charge in [-0.3, -0.25) is 4.90 Å². The number of ether oxygens (including phenoxy) is 1. The quantitative estimate of drug-likeness (QED) is 0.447. The van der Waals surface area contributed by atoms with Crippen LogP contribution in [0.15, 0.2) is 0 Å². The zero-order valence-electron chi connectivity index (χ0n) is 15.5. The van der Waals surface area contributed by atoms with Crippen molar-refractivity contribution in [1.82, 2.24) is 4.90 Å². The molecule has 2 heterocycles. The van der Waals surface area contributed by atoms with E-state index in [0.29, 0.717) is 11.0 Å². The average molecular weight is 310 g/mol. The molecule has 0 saturated carbocycles. The Labute approximate surface area is 139 Å². The molecule has 1 atom stereocenters. The summed E-state index contributed by atoms with van der Waals surface area (Å²) >= 11 is 0. The zero-order chi connectivity index (χ0) is 15.9. The maximum atomic E-state index is 5.45. The van der Waals surface area contributed by atoms with Crippen LogP contribution in [-0.2, 0) is 4.74 Å². The number of rotatable bonds is 12. The molecule has 2 aliphatic heterocycles. The van der Waals surface area contributed by atoms with Crippen molar-refractivity contribution in [3.8, 4) is 0 Å². The summed E-state index contributed by atoms with van der Waals surface area (Å²) in [5, 5.41) is 0. The first kappa shape index (κ1) is 18.3. The molecule has 2 nitrogen and oxygen atoms in total. The molecule has 0 aromatic rings. The molecule has 22 heavy (non-hydrogen) atoms. The highest BCUT2D eigenvalue weighted by atomic mass is 16.5. The summed E-state index contributed by atoms with van der Waals surface area (Å²) in [6, 6.07) is 0. The molecular weight excluding hydrogens is 270 g/mol. The minimum Gasteiger partial charge on any atom is -0.380 e. The van der Waals surface area contributed by atoms with Gasteiger partial charge in [-0.1, -0.05) is 71.6 Å². The highest BCUT2D eigenvalue weighted by molar-refractivity contribution is 5.05. The van der Waals surface area contributed by atoms with Crippen LogP contribution in [0, 0.1) is 5.41 Å². The van der Waals surface area contributed by atoms with Gasteiger partial charge < -0.3 is 4.74 Å². The summed E-state index contributed by atoms with van der Waals surface area (Å²) in [7, 11) is 0. The van der Waals surface area contributed by atoms with Gasteiger partial charge in [0, 0.05) is 24.0 Å². The summed E-state index contributed by atoms with van der Waals surface area (Å²) in [5.74, 6) is 0. The average Bonchev–Trinajstić information content (AvgIpc) is 2.40. The molecule has 2 rings (SSSR count). The number of hydrogen-bond acceptors (Lipinski definition) is 2. The smallest absolute Gasteiger partial charge is 0.0569 e. The van der Waals surface area contributed by atoms with Gasteiger partial charge >= 0.3 is 0 Å². The van der Waals surface area contributed by atoms with Crippen LogP contribution < -0.4 is 0 Å². The number of unbranched alkanes of at least 4 members (excludes halogenated alkanes) is 7. The van der Waals surface area contributed by atoms with Gasteiger partial charge in [0.05, 0.1) is 13.2 Å². The molecule has 0 N–H and O–H groups in total. The lowest BCUT2D eigenvalue weighted by atomic mass is 9.73. The van der Waals surface area contributed by atoms with Crippen LogP contribution in [-0.4, -0.2) is 36.7 Å². The first-order chi connectivity index (χ1) is 10.6. The van der Waals surface area contributed by atoms with Gasteiger partial charge in [-0.25, -0.2) is 0 Å². The van der Waals surface area contributed by atoms with E-state index in [2.05, 4.69) is 25.7 Å². The van der Waals surface area contributed by atoms with Gasteiger partial charge in [-0.2, -0.15) is 0 Å². The van der Waals surface area contributed by atoms with Gasteiger partial charge in [0.25, 0.3) is 0 Å². The van der Waals surface area contributed by atoms with E-state index in [9.17, 15) is 0 Å². The summed E-state index contributed by atoms with van der Waals surface area (Å²) in [4.78, 5) is 2.79. The normalized spacial score (nSPS) is 23.0. The van der Waals surface area contributed by atoms with Gasteiger partial charge in [-0.15, -0.1) is 0 Å². The summed E-state index contributed by atoms with van der Waals surface area (Å²) in [6.45, 7) is 11.8. The van der Waals surface area contributed by atoms with Crippen LogP contribution in [0.5, 0.6) is 0 Å². The fourth-order valence-electron chi connectivity index (χ4n) is 4.20. The third-order valence-electron chi connectivity index (χ3n) is 6.02. The van der Waals surface area contributed by atoms with E-state index in [1.165, 1.54) is 83.7 Å². The van der Waals surface area contributed by atoms with Crippen molar-refractivity contribution in [3.63, 3.8) is 0 Å². The summed E-state index contributed by atoms with van der Waals surface area (Å²) < 4.78 is 5.45. The van der Waals surface area contributed by atoms with Crippen LogP contribution in [0.1, 0.15) is 91.4 Å². The molecule has 2 aliphatic rings. The lowest BCUT2D eigenvalue weighted by molar-refractivity contribution is -0.213. The second-order valence-electron chi connectivity index (χ2n) is 8.32. The molecule has 0 radical (unpaired) electrons. The largest absolute Gasteiger partial charge is 0.380 e. The van der Waals surface area contributed by atoms with Crippen LogP contribution in [0.2, 0.25) is 0 Å². The Balaban J connectivity index is 1.75. The van der Waals surface area contributed by atoms with Crippen molar-refractivity contribution in [2.24, 2.45) is 5.41 Å². The fraction of sp³-hybridized carbons (Fsp3) is 1.00. The second-order valence-corrected chi connectivity index (χ2v) is 8.32. The van der Waals surface area contributed by atoms with E-state index in [1.54, 1.807) is 0 Å². The van der Waals surface area contributed by atoms with Crippen LogP contribution >= 0.6 is 0 Å². The Morgan fingerprint density at radius 3 is 1.77 bits per heavy atom. The monoisotopic (exact) mass is 309 g/mol. The summed E-state index contributed by atoms with van der Waals surface area (Å²) in [6.07, 6.45) is 15.4. The van der Waals surface area contributed by atoms with Crippen LogP contribution in [0.4, 0.5) is 0 Å². The Morgan fingerprint density at radius 1 is 0.818 bits per heavy atom. The molecule has 2 heteroatoms. The van der Waals surface area contributed by atoms with E-state index < -0.39 is 0 Å². The molecule has 2 fully saturated rings. The number of nitrogens with zero attached hydrogens (tertiary/aromatic N) is 1. The lowest BCUT2D eigenvalue weighted by Gasteiger charge is -2.61. The predicted octanol–water partition coefficient (Wildman–Crippen LogP) is 5.41. The fourth-order valence-corrected chi connectivity index (χ4v) is 4.20. The Hall–Kier alpha value is -0.0800. The predicted molar refractivity (Wildman–Crippen MR) is 95.4 cm³/mol. The zero-order valence-corrected chi connectivity index (χ0v) is 15.5. The Bertz CT molecular complexity index is 305. The summed E-state index contributed by atoms with van der Waals surface area (Å²) in [5.41, 5.74) is 1.02. The number of hydrogen-bond donors (Lipinski definition) is 0. The minimum atomic E-state index is 0.459.